The number of ether oxygens (including phenoxy) is 2. The lowest BCUT2D eigenvalue weighted by molar-refractivity contribution is 0.297. The van der Waals surface area contributed by atoms with Crippen molar-refractivity contribution >= 4 is 11.8 Å². The van der Waals surface area contributed by atoms with Gasteiger partial charge in [0.15, 0.2) is 11.5 Å². The van der Waals surface area contributed by atoms with Gasteiger partial charge in [-0.1, -0.05) is 6.07 Å². The maximum absolute atomic E-state index is 6.36. The van der Waals surface area contributed by atoms with Gasteiger partial charge in [-0.15, -0.1) is 0 Å². The molecular formula is C14H19NO2S. The zero-order valence-electron chi connectivity index (χ0n) is 10.4. The highest BCUT2D eigenvalue weighted by molar-refractivity contribution is 8.00. The Morgan fingerprint density at radius 1 is 1.17 bits per heavy atom. The van der Waals surface area contributed by atoms with Gasteiger partial charge in [0.1, 0.15) is 0 Å². The maximum Gasteiger partial charge on any atom is 0.161 e. The van der Waals surface area contributed by atoms with E-state index in [0.29, 0.717) is 5.25 Å². The molecule has 0 amide bonds. The summed E-state index contributed by atoms with van der Waals surface area (Å²) in [7, 11) is 0. The Labute approximate surface area is 112 Å². The molecule has 0 bridgehead atoms. The van der Waals surface area contributed by atoms with Gasteiger partial charge < -0.3 is 15.2 Å². The van der Waals surface area contributed by atoms with Gasteiger partial charge in [0.2, 0.25) is 0 Å². The van der Waals surface area contributed by atoms with Gasteiger partial charge in [-0.25, -0.2) is 0 Å². The van der Waals surface area contributed by atoms with Crippen LogP contribution in [0.3, 0.4) is 0 Å². The summed E-state index contributed by atoms with van der Waals surface area (Å²) < 4.78 is 11.4. The molecule has 0 spiro atoms. The minimum absolute atomic E-state index is 0.106. The summed E-state index contributed by atoms with van der Waals surface area (Å²) in [5.41, 5.74) is 7.52. The van der Waals surface area contributed by atoms with Crippen LogP contribution >= 0.6 is 11.8 Å². The van der Waals surface area contributed by atoms with E-state index in [1.807, 2.05) is 17.8 Å². The number of nitrogens with two attached hydrogens (primary N) is 1. The van der Waals surface area contributed by atoms with Crippen molar-refractivity contribution in [1.82, 2.24) is 0 Å². The van der Waals surface area contributed by atoms with Crippen molar-refractivity contribution in [1.29, 1.82) is 0 Å². The van der Waals surface area contributed by atoms with Crippen molar-refractivity contribution in [3.8, 4) is 11.5 Å². The maximum atomic E-state index is 6.36. The predicted molar refractivity (Wildman–Crippen MR) is 74.5 cm³/mol. The molecule has 4 heteroatoms. The molecule has 2 heterocycles. The second kappa shape index (κ2) is 5.41. The van der Waals surface area contributed by atoms with Crippen LogP contribution in [0.1, 0.15) is 30.9 Å². The summed E-state index contributed by atoms with van der Waals surface area (Å²) in [6.07, 6.45) is 3.45. The van der Waals surface area contributed by atoms with Crippen molar-refractivity contribution in [3.63, 3.8) is 0 Å². The first kappa shape index (κ1) is 12.2. The van der Waals surface area contributed by atoms with Crippen molar-refractivity contribution in [2.75, 3.05) is 19.0 Å². The lowest BCUT2D eigenvalue weighted by atomic mass is 10.0. The number of hydrogen-bond donors (Lipinski definition) is 1. The monoisotopic (exact) mass is 265 g/mol. The van der Waals surface area contributed by atoms with E-state index < -0.39 is 0 Å². The summed E-state index contributed by atoms with van der Waals surface area (Å²) in [6.45, 7) is 1.46. The van der Waals surface area contributed by atoms with Crippen LogP contribution in [0.5, 0.6) is 11.5 Å². The fourth-order valence-electron chi connectivity index (χ4n) is 2.49. The van der Waals surface area contributed by atoms with Gasteiger partial charge in [-0.2, -0.15) is 11.8 Å². The van der Waals surface area contributed by atoms with Crippen LogP contribution in [0.25, 0.3) is 0 Å². The highest BCUT2D eigenvalue weighted by atomic mass is 32.2. The molecule has 18 heavy (non-hydrogen) atoms. The molecule has 98 valence electrons. The van der Waals surface area contributed by atoms with Crippen LogP contribution in [0.4, 0.5) is 0 Å². The molecule has 3 nitrogen and oxygen atoms in total. The van der Waals surface area contributed by atoms with Gasteiger partial charge in [-0.3, -0.25) is 0 Å². The summed E-state index contributed by atoms with van der Waals surface area (Å²) in [5, 5.41) is 0.551. The highest BCUT2D eigenvalue weighted by Crippen LogP contribution is 2.38. The summed E-state index contributed by atoms with van der Waals surface area (Å²) in [6, 6.07) is 6.24. The summed E-state index contributed by atoms with van der Waals surface area (Å²) >= 11 is 1.99. The van der Waals surface area contributed by atoms with Crippen molar-refractivity contribution < 1.29 is 9.47 Å². The van der Waals surface area contributed by atoms with E-state index in [2.05, 4.69) is 12.1 Å². The topological polar surface area (TPSA) is 44.5 Å². The van der Waals surface area contributed by atoms with E-state index in [1.165, 1.54) is 24.2 Å². The molecule has 2 atom stereocenters. The number of thioether (sulfide) groups is 1. The van der Waals surface area contributed by atoms with Crippen molar-refractivity contribution in [3.05, 3.63) is 23.8 Å². The first-order chi connectivity index (χ1) is 8.84. The lowest BCUT2D eigenvalue weighted by Crippen LogP contribution is -2.21. The minimum Gasteiger partial charge on any atom is -0.490 e. The zero-order chi connectivity index (χ0) is 12.4. The number of hydrogen-bond acceptors (Lipinski definition) is 4. The summed E-state index contributed by atoms with van der Waals surface area (Å²) in [5.74, 6) is 2.94. The molecule has 0 saturated carbocycles. The van der Waals surface area contributed by atoms with Gasteiger partial charge in [0.25, 0.3) is 0 Å². The number of rotatable bonds is 2. The highest BCUT2D eigenvalue weighted by Gasteiger charge is 2.25. The molecule has 2 aliphatic rings. The lowest BCUT2D eigenvalue weighted by Gasteiger charge is -2.19. The molecular weight excluding hydrogens is 246 g/mol. The Kier molecular flexibility index (Phi) is 3.66. The van der Waals surface area contributed by atoms with E-state index in [9.17, 15) is 0 Å². The predicted octanol–water partition coefficient (Wildman–Crippen LogP) is 2.74. The van der Waals surface area contributed by atoms with Crippen LogP contribution in [0.2, 0.25) is 0 Å². The standard InChI is InChI=1S/C14H19NO2S/c15-14(13-3-1-8-18-13)10-4-5-11-12(9-10)17-7-2-6-16-11/h4-5,9,13-14H,1-3,6-8,15H2. The van der Waals surface area contributed by atoms with E-state index in [1.54, 1.807) is 0 Å². The normalized spacial score (nSPS) is 24.6. The summed E-state index contributed by atoms with van der Waals surface area (Å²) in [4.78, 5) is 0. The van der Waals surface area contributed by atoms with Crippen LogP contribution in [0, 0.1) is 0 Å². The Bertz CT molecular complexity index is 418. The third-order valence-electron chi connectivity index (χ3n) is 3.52. The average molecular weight is 265 g/mol. The third kappa shape index (κ3) is 2.45. The van der Waals surface area contributed by atoms with Crippen molar-refractivity contribution in [2.45, 2.75) is 30.6 Å². The molecule has 0 aromatic heterocycles. The van der Waals surface area contributed by atoms with E-state index in [4.69, 9.17) is 15.2 Å². The molecule has 2 N–H and O–H groups in total. The number of benzene rings is 1. The zero-order valence-corrected chi connectivity index (χ0v) is 11.2. The minimum atomic E-state index is 0.106. The van der Waals surface area contributed by atoms with Gasteiger partial charge in [0, 0.05) is 17.7 Å². The Balaban J connectivity index is 1.82. The molecule has 1 saturated heterocycles. The molecule has 1 fully saturated rings. The van der Waals surface area contributed by atoms with E-state index in [0.717, 1.165) is 31.1 Å². The van der Waals surface area contributed by atoms with E-state index in [-0.39, 0.29) is 6.04 Å². The van der Waals surface area contributed by atoms with Crippen LogP contribution < -0.4 is 15.2 Å². The van der Waals surface area contributed by atoms with E-state index >= 15 is 0 Å². The first-order valence-electron chi connectivity index (χ1n) is 6.61. The van der Waals surface area contributed by atoms with Crippen molar-refractivity contribution in [2.24, 2.45) is 5.73 Å². The molecule has 2 unspecified atom stereocenters. The molecule has 0 radical (unpaired) electrons. The van der Waals surface area contributed by atoms with Crippen LogP contribution in [-0.2, 0) is 0 Å². The molecule has 1 aromatic carbocycles. The average Bonchev–Trinajstić information content (AvgIpc) is 2.83. The molecule has 3 rings (SSSR count). The second-order valence-corrected chi connectivity index (χ2v) is 6.18. The fraction of sp³-hybridized carbons (Fsp3) is 0.571. The number of fused-ring (bicyclic) bond motifs is 1. The largest absolute Gasteiger partial charge is 0.490 e. The Hall–Kier alpha value is -0.870. The molecule has 1 aromatic rings. The van der Waals surface area contributed by atoms with Gasteiger partial charge >= 0.3 is 0 Å². The Morgan fingerprint density at radius 3 is 2.78 bits per heavy atom. The smallest absolute Gasteiger partial charge is 0.161 e. The Morgan fingerprint density at radius 2 is 2.00 bits per heavy atom. The first-order valence-corrected chi connectivity index (χ1v) is 7.66. The molecule has 0 aliphatic carbocycles. The van der Waals surface area contributed by atoms with Crippen LogP contribution in [0.15, 0.2) is 18.2 Å². The SMILES string of the molecule is NC(c1ccc2c(c1)OCCCO2)C1CCCS1. The quantitative estimate of drug-likeness (QED) is 0.893. The second-order valence-electron chi connectivity index (χ2n) is 4.83. The fourth-order valence-corrected chi connectivity index (χ4v) is 3.82. The van der Waals surface area contributed by atoms with Crippen LogP contribution in [-0.4, -0.2) is 24.2 Å². The third-order valence-corrected chi connectivity index (χ3v) is 5.00. The van der Waals surface area contributed by atoms with Gasteiger partial charge in [0.05, 0.1) is 13.2 Å². The van der Waals surface area contributed by atoms with Gasteiger partial charge in [-0.05, 0) is 36.3 Å². The molecule has 2 aliphatic heterocycles.